The second kappa shape index (κ2) is 8.03. The summed E-state index contributed by atoms with van der Waals surface area (Å²) >= 11 is 0. The molecule has 0 spiro atoms. The van der Waals surface area contributed by atoms with Gasteiger partial charge in [0.2, 0.25) is 0 Å². The number of benzene rings is 1. The number of unbranched alkanes of at least 4 members (excludes halogenated alkanes) is 2. The third-order valence-electron chi connectivity index (χ3n) is 2.20. The number of hydrogen-bond donors (Lipinski definition) is 0. The van der Waals surface area contributed by atoms with Gasteiger partial charge in [0.1, 0.15) is 5.75 Å². The molecule has 0 radical (unpaired) electrons. The highest BCUT2D eigenvalue weighted by Gasteiger charge is 1.94. The molecule has 5 nitrogen and oxygen atoms in total. The van der Waals surface area contributed by atoms with Crippen molar-refractivity contribution in [2.45, 2.75) is 19.3 Å². The Morgan fingerprint density at radius 3 is 2.59 bits per heavy atom. The number of nitrogens with zero attached hydrogens (tertiary/aromatic N) is 4. The molecule has 0 fully saturated rings. The summed E-state index contributed by atoms with van der Waals surface area (Å²) in [4.78, 5) is 5.99. The molecular formula is C12H14N4O. The average Bonchev–Trinajstić information content (AvgIpc) is 2.38. The minimum atomic E-state index is 0.552. The van der Waals surface area contributed by atoms with Crippen LogP contribution in [0.25, 0.3) is 15.3 Å². The molecule has 0 amide bonds. The van der Waals surface area contributed by atoms with Gasteiger partial charge in [-0.25, -0.2) is 4.85 Å². The van der Waals surface area contributed by atoms with E-state index in [0.717, 1.165) is 25.0 Å². The van der Waals surface area contributed by atoms with Crippen molar-refractivity contribution in [2.75, 3.05) is 13.2 Å². The highest BCUT2D eigenvalue weighted by molar-refractivity contribution is 5.46. The minimum Gasteiger partial charge on any atom is -0.494 e. The molecule has 0 saturated heterocycles. The molecule has 0 unspecified atom stereocenters. The van der Waals surface area contributed by atoms with Crippen LogP contribution in [0.15, 0.2) is 29.4 Å². The molecule has 0 aromatic heterocycles. The highest BCUT2D eigenvalue weighted by Crippen LogP contribution is 2.17. The lowest BCUT2D eigenvalue weighted by molar-refractivity contribution is 0.306. The van der Waals surface area contributed by atoms with Crippen LogP contribution in [0.4, 0.5) is 5.69 Å². The van der Waals surface area contributed by atoms with Crippen molar-refractivity contribution in [3.63, 3.8) is 0 Å². The Bertz CT molecular complexity index is 415. The fourth-order valence-corrected chi connectivity index (χ4v) is 1.31. The summed E-state index contributed by atoms with van der Waals surface area (Å²) in [6, 6.07) is 7.08. The smallest absolute Gasteiger partial charge is 0.187 e. The van der Waals surface area contributed by atoms with Gasteiger partial charge in [0.15, 0.2) is 5.69 Å². The van der Waals surface area contributed by atoms with Crippen molar-refractivity contribution in [1.82, 2.24) is 0 Å². The van der Waals surface area contributed by atoms with Crippen molar-refractivity contribution < 1.29 is 4.74 Å². The van der Waals surface area contributed by atoms with E-state index in [1.807, 2.05) is 0 Å². The van der Waals surface area contributed by atoms with E-state index in [1.165, 1.54) is 0 Å². The Morgan fingerprint density at radius 2 is 1.94 bits per heavy atom. The van der Waals surface area contributed by atoms with Crippen LogP contribution in [0.5, 0.6) is 5.75 Å². The molecule has 0 aliphatic carbocycles. The van der Waals surface area contributed by atoms with Gasteiger partial charge in [0.05, 0.1) is 13.2 Å². The monoisotopic (exact) mass is 230 g/mol. The van der Waals surface area contributed by atoms with Gasteiger partial charge in [0.25, 0.3) is 0 Å². The molecule has 0 saturated carbocycles. The fraction of sp³-hybridized carbons (Fsp3) is 0.417. The first-order valence-corrected chi connectivity index (χ1v) is 5.48. The summed E-state index contributed by atoms with van der Waals surface area (Å²) in [5.41, 5.74) is 8.69. The van der Waals surface area contributed by atoms with Crippen LogP contribution >= 0.6 is 0 Å². The molecular weight excluding hydrogens is 216 g/mol. The molecule has 0 atom stereocenters. The SMILES string of the molecule is [C-]#[N+]c1ccc(OCCCCCN=[N+]=[N-])cc1. The van der Waals surface area contributed by atoms with E-state index in [2.05, 4.69) is 14.9 Å². The van der Waals surface area contributed by atoms with Crippen LogP contribution < -0.4 is 4.74 Å². The maximum absolute atomic E-state index is 8.07. The Labute approximate surface area is 100 Å². The summed E-state index contributed by atoms with van der Waals surface area (Å²) in [7, 11) is 0. The molecule has 0 aliphatic rings. The van der Waals surface area contributed by atoms with Crippen molar-refractivity contribution in [2.24, 2.45) is 5.11 Å². The Hall–Kier alpha value is -2.18. The molecule has 1 rings (SSSR count). The van der Waals surface area contributed by atoms with Gasteiger partial charge in [-0.2, -0.15) is 0 Å². The topological polar surface area (TPSA) is 62.3 Å². The molecule has 0 heterocycles. The predicted molar refractivity (Wildman–Crippen MR) is 66.1 cm³/mol. The molecule has 0 N–H and O–H groups in total. The standard InChI is InChI=1S/C12H14N4O/c1-14-11-5-7-12(8-6-11)17-10-4-2-3-9-15-16-13/h5-8H,2-4,9-10H2. The van der Waals surface area contributed by atoms with Gasteiger partial charge in [-0.1, -0.05) is 17.2 Å². The molecule has 1 aromatic rings. The molecule has 1 aromatic carbocycles. The zero-order chi connectivity index (χ0) is 12.3. The number of azide groups is 1. The first kappa shape index (κ1) is 12.9. The van der Waals surface area contributed by atoms with E-state index in [1.54, 1.807) is 24.3 Å². The van der Waals surface area contributed by atoms with Crippen molar-refractivity contribution in [3.05, 3.63) is 46.1 Å². The van der Waals surface area contributed by atoms with E-state index >= 15 is 0 Å². The Kier molecular flexibility index (Phi) is 6.09. The summed E-state index contributed by atoms with van der Waals surface area (Å²) in [5, 5.41) is 3.46. The molecule has 17 heavy (non-hydrogen) atoms. The third kappa shape index (κ3) is 5.45. The van der Waals surface area contributed by atoms with E-state index in [-0.39, 0.29) is 0 Å². The predicted octanol–water partition coefficient (Wildman–Crippen LogP) is 4.10. The average molecular weight is 230 g/mol. The fourth-order valence-electron chi connectivity index (χ4n) is 1.31. The normalized spacial score (nSPS) is 9.12. The van der Waals surface area contributed by atoms with Crippen LogP contribution in [0, 0.1) is 6.57 Å². The van der Waals surface area contributed by atoms with Gasteiger partial charge in [-0.3, -0.25) is 0 Å². The maximum atomic E-state index is 8.07. The second-order valence-electron chi connectivity index (χ2n) is 3.47. The van der Waals surface area contributed by atoms with Gasteiger partial charge in [0, 0.05) is 11.5 Å². The molecule has 88 valence electrons. The van der Waals surface area contributed by atoms with Crippen LogP contribution in [-0.4, -0.2) is 13.2 Å². The third-order valence-corrected chi connectivity index (χ3v) is 2.20. The largest absolute Gasteiger partial charge is 0.494 e. The van der Waals surface area contributed by atoms with Gasteiger partial charge in [-0.05, 0) is 36.9 Å². The minimum absolute atomic E-state index is 0.552. The van der Waals surface area contributed by atoms with Gasteiger partial charge >= 0.3 is 0 Å². The zero-order valence-corrected chi connectivity index (χ0v) is 9.54. The van der Waals surface area contributed by atoms with Crippen LogP contribution in [0.3, 0.4) is 0 Å². The first-order valence-electron chi connectivity index (χ1n) is 5.48. The molecule has 0 aliphatic heterocycles. The van der Waals surface area contributed by atoms with Crippen LogP contribution in [0.2, 0.25) is 0 Å². The quantitative estimate of drug-likeness (QED) is 0.229. The zero-order valence-electron chi connectivity index (χ0n) is 9.54. The summed E-state index contributed by atoms with van der Waals surface area (Å²) in [6.45, 7) is 8.01. The van der Waals surface area contributed by atoms with Crippen molar-refractivity contribution >= 4 is 5.69 Å². The Balaban J connectivity index is 2.13. The van der Waals surface area contributed by atoms with Crippen LogP contribution in [-0.2, 0) is 0 Å². The Morgan fingerprint density at radius 1 is 1.18 bits per heavy atom. The summed E-state index contributed by atoms with van der Waals surface area (Å²) < 4.78 is 5.51. The second-order valence-corrected chi connectivity index (χ2v) is 3.47. The molecule has 5 heteroatoms. The lowest BCUT2D eigenvalue weighted by atomic mass is 10.2. The van der Waals surface area contributed by atoms with E-state index < -0.39 is 0 Å². The van der Waals surface area contributed by atoms with E-state index in [9.17, 15) is 0 Å². The van der Waals surface area contributed by atoms with Crippen molar-refractivity contribution in [1.29, 1.82) is 0 Å². The summed E-state index contributed by atoms with van der Waals surface area (Å²) in [5.74, 6) is 0.785. The maximum Gasteiger partial charge on any atom is 0.187 e. The van der Waals surface area contributed by atoms with Crippen LogP contribution in [0.1, 0.15) is 19.3 Å². The number of hydrogen-bond acceptors (Lipinski definition) is 2. The van der Waals surface area contributed by atoms with Gasteiger partial charge in [-0.15, -0.1) is 0 Å². The molecule has 0 bridgehead atoms. The summed E-state index contributed by atoms with van der Waals surface area (Å²) in [6.07, 6.45) is 2.81. The number of ether oxygens (including phenoxy) is 1. The van der Waals surface area contributed by atoms with Crippen molar-refractivity contribution in [3.8, 4) is 5.75 Å². The van der Waals surface area contributed by atoms with E-state index in [4.69, 9.17) is 16.8 Å². The van der Waals surface area contributed by atoms with Gasteiger partial charge < -0.3 is 4.74 Å². The lowest BCUT2D eigenvalue weighted by Gasteiger charge is -2.05. The van der Waals surface area contributed by atoms with E-state index in [0.29, 0.717) is 18.8 Å². The number of rotatable bonds is 7. The lowest BCUT2D eigenvalue weighted by Crippen LogP contribution is -1.97. The highest BCUT2D eigenvalue weighted by atomic mass is 16.5. The first-order chi connectivity index (χ1) is 8.36.